The highest BCUT2D eigenvalue weighted by Crippen LogP contribution is 2.22. The Morgan fingerprint density at radius 1 is 1.33 bits per heavy atom. The molecule has 4 rings (SSSR count). The minimum absolute atomic E-state index is 0.0777. The molecule has 1 aliphatic heterocycles. The minimum Gasteiger partial charge on any atom is -0.363 e. The van der Waals surface area contributed by atoms with E-state index in [9.17, 15) is 4.79 Å². The van der Waals surface area contributed by atoms with E-state index in [0.717, 1.165) is 38.1 Å². The van der Waals surface area contributed by atoms with Gasteiger partial charge in [-0.3, -0.25) is 9.69 Å². The van der Waals surface area contributed by atoms with Gasteiger partial charge < -0.3 is 10.1 Å². The quantitative estimate of drug-likeness (QED) is 0.768. The summed E-state index contributed by atoms with van der Waals surface area (Å²) in [6, 6.07) is 6.21. The normalized spacial score (nSPS) is 18.9. The topological polar surface area (TPSA) is 94.3 Å². The van der Waals surface area contributed by atoms with Crippen LogP contribution in [-0.2, 0) is 6.54 Å². The van der Waals surface area contributed by atoms with Crippen molar-refractivity contribution in [3.05, 3.63) is 48.4 Å². The van der Waals surface area contributed by atoms with Crippen molar-refractivity contribution in [1.82, 2.24) is 29.0 Å². The van der Waals surface area contributed by atoms with Crippen LogP contribution >= 0.6 is 0 Å². The minimum atomic E-state index is -0.591. The number of hydrogen-bond donors (Lipinski definition) is 1. The Morgan fingerprint density at radius 3 is 3.08 bits per heavy atom. The van der Waals surface area contributed by atoms with E-state index in [0.29, 0.717) is 0 Å². The highest BCUT2D eigenvalue weighted by Gasteiger charge is 2.23. The molecule has 8 heteroatoms. The summed E-state index contributed by atoms with van der Waals surface area (Å²) in [4.78, 5) is 22.0. The van der Waals surface area contributed by atoms with Crippen molar-refractivity contribution >= 4 is 11.6 Å². The second-order valence-corrected chi connectivity index (χ2v) is 6.12. The molecule has 0 spiro atoms. The van der Waals surface area contributed by atoms with Crippen molar-refractivity contribution in [1.29, 1.82) is 0 Å². The molecule has 0 bridgehead atoms. The number of hydrogen-bond acceptors (Lipinski definition) is 5. The third kappa shape index (κ3) is 2.76. The zero-order valence-corrected chi connectivity index (χ0v) is 13.2. The molecule has 3 aromatic heterocycles. The van der Waals surface area contributed by atoms with Crippen LogP contribution in [0.5, 0.6) is 0 Å². The number of nitrogens with zero attached hydrogens (tertiary/aromatic N) is 6. The molecule has 8 nitrogen and oxygen atoms in total. The lowest BCUT2D eigenvalue weighted by molar-refractivity contribution is 0.0989. The number of likely N-dealkylation sites (tertiary alicyclic amines) is 1. The molecule has 1 aliphatic rings. The van der Waals surface area contributed by atoms with E-state index < -0.39 is 5.91 Å². The van der Waals surface area contributed by atoms with Crippen LogP contribution in [0.15, 0.2) is 36.9 Å². The number of piperidine rings is 1. The predicted molar refractivity (Wildman–Crippen MR) is 87.3 cm³/mol. The van der Waals surface area contributed by atoms with E-state index in [1.165, 1.54) is 5.69 Å². The molecule has 0 aromatic carbocycles. The van der Waals surface area contributed by atoms with Crippen LogP contribution < -0.4 is 5.73 Å². The summed E-state index contributed by atoms with van der Waals surface area (Å²) in [6.07, 6.45) is 7.66. The van der Waals surface area contributed by atoms with Gasteiger partial charge in [0.25, 0.3) is 5.91 Å². The van der Waals surface area contributed by atoms with Crippen molar-refractivity contribution in [2.24, 2.45) is 5.73 Å². The number of carbonyl (C=O) groups excluding carboxylic acids is 1. The summed E-state index contributed by atoms with van der Waals surface area (Å²) in [7, 11) is 0. The van der Waals surface area contributed by atoms with Gasteiger partial charge in [-0.15, -0.1) is 5.10 Å². The lowest BCUT2D eigenvalue weighted by Gasteiger charge is -2.32. The smallest absolute Gasteiger partial charge is 0.288 e. The zero-order chi connectivity index (χ0) is 16.5. The number of aromatic nitrogens is 5. The Morgan fingerprint density at radius 2 is 2.25 bits per heavy atom. The van der Waals surface area contributed by atoms with E-state index in [2.05, 4.69) is 24.4 Å². The maximum Gasteiger partial charge on any atom is 0.288 e. The molecular weight excluding hydrogens is 306 g/mol. The van der Waals surface area contributed by atoms with Crippen molar-refractivity contribution in [3.63, 3.8) is 0 Å². The summed E-state index contributed by atoms with van der Waals surface area (Å²) in [5, 5.41) is 4.20. The Kier molecular flexibility index (Phi) is 3.73. The van der Waals surface area contributed by atoms with E-state index in [-0.39, 0.29) is 11.9 Å². The monoisotopic (exact) mass is 325 g/mol. The van der Waals surface area contributed by atoms with Gasteiger partial charge in [0, 0.05) is 19.3 Å². The average molecular weight is 325 g/mol. The van der Waals surface area contributed by atoms with Gasteiger partial charge in [0.2, 0.25) is 5.82 Å². The van der Waals surface area contributed by atoms with Crippen LogP contribution in [0, 0.1) is 0 Å². The van der Waals surface area contributed by atoms with Gasteiger partial charge in [0.1, 0.15) is 12.0 Å². The maximum absolute atomic E-state index is 11.2. The van der Waals surface area contributed by atoms with E-state index in [4.69, 9.17) is 5.73 Å². The summed E-state index contributed by atoms with van der Waals surface area (Å²) in [5.74, 6) is -0.513. The van der Waals surface area contributed by atoms with Crippen molar-refractivity contribution in [2.75, 3.05) is 13.1 Å². The first kappa shape index (κ1) is 14.8. The molecule has 1 fully saturated rings. The third-order valence-corrected chi connectivity index (χ3v) is 4.46. The van der Waals surface area contributed by atoms with Gasteiger partial charge in [0.05, 0.1) is 17.9 Å². The van der Waals surface area contributed by atoms with Crippen LogP contribution in [-0.4, -0.2) is 48.0 Å². The first-order valence-corrected chi connectivity index (χ1v) is 8.05. The Hall–Kier alpha value is -2.74. The van der Waals surface area contributed by atoms with Gasteiger partial charge in [-0.2, -0.15) is 0 Å². The van der Waals surface area contributed by atoms with Crippen LogP contribution in [0.25, 0.3) is 5.65 Å². The Labute approximate surface area is 138 Å². The molecule has 0 unspecified atom stereocenters. The van der Waals surface area contributed by atoms with Gasteiger partial charge in [-0.1, -0.05) is 6.07 Å². The number of imidazole rings is 1. The summed E-state index contributed by atoms with van der Waals surface area (Å²) in [5.41, 5.74) is 7.36. The lowest BCUT2D eigenvalue weighted by Crippen LogP contribution is -2.36. The largest absolute Gasteiger partial charge is 0.363 e. The van der Waals surface area contributed by atoms with E-state index in [1.807, 2.05) is 30.6 Å². The number of fused-ring (bicyclic) bond motifs is 1. The molecule has 3 aromatic rings. The first-order chi connectivity index (χ1) is 11.7. The molecule has 0 radical (unpaired) electrons. The van der Waals surface area contributed by atoms with Gasteiger partial charge >= 0.3 is 0 Å². The van der Waals surface area contributed by atoms with Crippen LogP contribution in [0.2, 0.25) is 0 Å². The van der Waals surface area contributed by atoms with Gasteiger partial charge in [-0.25, -0.2) is 14.6 Å². The van der Waals surface area contributed by atoms with Crippen LogP contribution in [0.1, 0.15) is 35.2 Å². The second kappa shape index (κ2) is 6.04. The number of nitrogens with two attached hydrogens (primary N) is 1. The van der Waals surface area contributed by atoms with Gasteiger partial charge in [0.15, 0.2) is 0 Å². The Balaban J connectivity index is 1.49. The fourth-order valence-corrected chi connectivity index (χ4v) is 3.29. The lowest BCUT2D eigenvalue weighted by atomic mass is 10.1. The number of pyridine rings is 1. The SMILES string of the molecule is NC(=O)c1ncn([C@H]2CCCN(Cc3cnc4ccccn34)C2)n1. The molecule has 0 aliphatic carbocycles. The summed E-state index contributed by atoms with van der Waals surface area (Å²) < 4.78 is 3.88. The van der Waals surface area contributed by atoms with Crippen molar-refractivity contribution in [3.8, 4) is 0 Å². The highest BCUT2D eigenvalue weighted by atomic mass is 16.1. The molecular formula is C16H19N7O. The Bertz CT molecular complexity index is 868. The van der Waals surface area contributed by atoms with Gasteiger partial charge in [-0.05, 0) is 31.5 Å². The number of primary amides is 1. The average Bonchev–Trinajstić information content (AvgIpc) is 3.23. The van der Waals surface area contributed by atoms with Crippen LogP contribution in [0.4, 0.5) is 0 Å². The van der Waals surface area contributed by atoms with E-state index in [1.54, 1.807) is 11.0 Å². The fourth-order valence-electron chi connectivity index (χ4n) is 3.29. The molecule has 124 valence electrons. The molecule has 1 atom stereocenters. The summed E-state index contributed by atoms with van der Waals surface area (Å²) in [6.45, 7) is 2.73. The molecule has 0 saturated carbocycles. The fraction of sp³-hybridized carbons (Fsp3) is 0.375. The molecule has 4 heterocycles. The highest BCUT2D eigenvalue weighted by molar-refractivity contribution is 5.88. The van der Waals surface area contributed by atoms with Crippen molar-refractivity contribution < 1.29 is 4.79 Å². The number of carbonyl (C=O) groups is 1. The zero-order valence-electron chi connectivity index (χ0n) is 13.2. The number of amides is 1. The second-order valence-electron chi connectivity index (χ2n) is 6.12. The first-order valence-electron chi connectivity index (χ1n) is 8.05. The van der Waals surface area contributed by atoms with Crippen molar-refractivity contribution in [2.45, 2.75) is 25.4 Å². The third-order valence-electron chi connectivity index (χ3n) is 4.46. The molecule has 24 heavy (non-hydrogen) atoms. The maximum atomic E-state index is 11.2. The molecule has 2 N–H and O–H groups in total. The predicted octanol–water partition coefficient (Wildman–Crippen LogP) is 0.862. The summed E-state index contributed by atoms with van der Waals surface area (Å²) >= 11 is 0. The van der Waals surface area contributed by atoms with E-state index >= 15 is 0 Å². The molecule has 1 saturated heterocycles. The standard InChI is InChI=1S/C16H19N7O/c17-15(24)16-19-11-23(20-16)12-4-3-6-21(9-12)10-13-8-18-14-5-1-2-7-22(13)14/h1-2,5,7-8,11-12H,3-4,6,9-10H2,(H2,17,24)/t12-/m0/s1. The molecule has 1 amide bonds. The number of rotatable bonds is 4. The van der Waals surface area contributed by atoms with Crippen LogP contribution in [0.3, 0.4) is 0 Å².